The van der Waals surface area contributed by atoms with Gasteiger partial charge in [0.15, 0.2) is 4.80 Å². The van der Waals surface area contributed by atoms with E-state index in [0.717, 1.165) is 26.4 Å². The van der Waals surface area contributed by atoms with Gasteiger partial charge >= 0.3 is 5.97 Å². The average Bonchev–Trinajstić information content (AvgIpc) is 3.58. The third-order valence-corrected chi connectivity index (χ3v) is 8.48. The minimum atomic E-state index is -0.842. The van der Waals surface area contributed by atoms with Crippen LogP contribution in [0.2, 0.25) is 0 Å². The summed E-state index contributed by atoms with van der Waals surface area (Å²) in [4.78, 5) is 32.5. The second-order valence-electron chi connectivity index (χ2n) is 9.41. The molecule has 0 amide bonds. The van der Waals surface area contributed by atoms with Crippen molar-refractivity contribution in [3.8, 4) is 17.1 Å². The molecule has 5 aromatic rings. The largest absolute Gasteiger partial charge is 0.496 e. The fraction of sp³-hybridized carbons (Fsp3) is 0.156. The predicted molar refractivity (Wildman–Crippen MR) is 163 cm³/mol. The molecule has 9 heteroatoms. The summed E-state index contributed by atoms with van der Waals surface area (Å²) in [6.07, 6.45) is 1.83. The van der Waals surface area contributed by atoms with Crippen molar-refractivity contribution in [3.05, 3.63) is 120 Å². The van der Waals surface area contributed by atoms with Gasteiger partial charge in [-0.1, -0.05) is 69.7 Å². The molecule has 0 fully saturated rings. The zero-order chi connectivity index (χ0) is 28.7. The van der Waals surface area contributed by atoms with Crippen molar-refractivity contribution in [1.29, 1.82) is 0 Å². The molecule has 0 saturated carbocycles. The number of hydrogen-bond donors (Lipinski definition) is 0. The Morgan fingerprint density at radius 3 is 2.63 bits per heavy atom. The number of ether oxygens (including phenoxy) is 2. The van der Waals surface area contributed by atoms with Gasteiger partial charge in [0.05, 0.1) is 29.5 Å². The predicted octanol–water partition coefficient (Wildman–Crippen LogP) is 5.98. The quantitative estimate of drug-likeness (QED) is 0.216. The molecule has 1 aliphatic rings. The molecule has 6 rings (SSSR count). The molecular weight excluding hydrogens is 604 g/mol. The lowest BCUT2D eigenvalue weighted by molar-refractivity contribution is -0.139. The summed E-state index contributed by atoms with van der Waals surface area (Å²) >= 11 is 4.72. The van der Waals surface area contributed by atoms with Crippen LogP contribution in [0.25, 0.3) is 28.2 Å². The van der Waals surface area contributed by atoms with Gasteiger partial charge in [-0.25, -0.2) is 9.79 Å². The number of nitrogens with zero attached hydrogens (tertiary/aromatic N) is 2. The Labute approximate surface area is 247 Å². The first-order chi connectivity index (χ1) is 19.9. The highest BCUT2D eigenvalue weighted by Crippen LogP contribution is 2.35. The van der Waals surface area contributed by atoms with E-state index < -0.39 is 12.0 Å². The molecular formula is C32H25BrN2O5S. The number of esters is 1. The van der Waals surface area contributed by atoms with Crippen LogP contribution in [0.15, 0.2) is 103 Å². The number of benzene rings is 3. The summed E-state index contributed by atoms with van der Waals surface area (Å²) in [5.41, 5.74) is 2.12. The van der Waals surface area contributed by atoms with Gasteiger partial charge in [-0.05, 0) is 61.0 Å². The summed E-state index contributed by atoms with van der Waals surface area (Å²) in [6, 6.07) is 22.3. The van der Waals surface area contributed by atoms with E-state index in [2.05, 4.69) is 20.9 Å². The Morgan fingerprint density at radius 1 is 1.10 bits per heavy atom. The maximum absolute atomic E-state index is 14.1. The van der Waals surface area contributed by atoms with E-state index in [9.17, 15) is 9.59 Å². The van der Waals surface area contributed by atoms with Crippen molar-refractivity contribution < 1.29 is 18.7 Å². The summed E-state index contributed by atoms with van der Waals surface area (Å²) in [7, 11) is 1.61. The molecule has 41 heavy (non-hydrogen) atoms. The minimum absolute atomic E-state index is 0.190. The summed E-state index contributed by atoms with van der Waals surface area (Å²) in [5.74, 6) is 1.17. The molecule has 1 aliphatic heterocycles. The highest BCUT2D eigenvalue weighted by Gasteiger charge is 2.35. The monoisotopic (exact) mass is 628 g/mol. The number of furan rings is 1. The third-order valence-electron chi connectivity index (χ3n) is 6.97. The number of carbonyl (C=O) groups excluding carboxylic acids is 1. The van der Waals surface area contributed by atoms with E-state index in [4.69, 9.17) is 13.9 Å². The molecule has 0 unspecified atom stereocenters. The van der Waals surface area contributed by atoms with Gasteiger partial charge in [0.25, 0.3) is 5.56 Å². The highest BCUT2D eigenvalue weighted by atomic mass is 79.9. The molecule has 206 valence electrons. The molecule has 0 radical (unpaired) electrons. The Kier molecular flexibility index (Phi) is 7.23. The van der Waals surface area contributed by atoms with Gasteiger partial charge in [-0.2, -0.15) is 0 Å². The van der Waals surface area contributed by atoms with Gasteiger partial charge in [-0.15, -0.1) is 0 Å². The van der Waals surface area contributed by atoms with Crippen LogP contribution in [0.3, 0.4) is 0 Å². The van der Waals surface area contributed by atoms with Crippen LogP contribution in [0.1, 0.15) is 31.2 Å². The topological polar surface area (TPSA) is 83.0 Å². The van der Waals surface area contributed by atoms with Crippen LogP contribution in [0.4, 0.5) is 0 Å². The summed E-state index contributed by atoms with van der Waals surface area (Å²) in [5, 5.41) is 1.99. The zero-order valence-electron chi connectivity index (χ0n) is 22.5. The van der Waals surface area contributed by atoms with Gasteiger partial charge in [0, 0.05) is 15.6 Å². The van der Waals surface area contributed by atoms with Crippen LogP contribution >= 0.6 is 27.3 Å². The first kappa shape index (κ1) is 27.0. The molecule has 3 aromatic carbocycles. The van der Waals surface area contributed by atoms with E-state index >= 15 is 0 Å². The Bertz CT molecular complexity index is 2020. The van der Waals surface area contributed by atoms with E-state index in [1.54, 1.807) is 27.0 Å². The van der Waals surface area contributed by atoms with Gasteiger partial charge in [0.1, 0.15) is 23.3 Å². The molecule has 0 bridgehead atoms. The highest BCUT2D eigenvalue weighted by molar-refractivity contribution is 9.10. The SMILES string of the molecule is CCOC(=O)C1=C(C)N=c2s/c(=C\c3c(OC)ccc4ccccc34)c(=O)n2[C@@H]1c1ccc(-c2ccc(Br)cc2)o1. The number of carbonyl (C=O) groups is 1. The summed E-state index contributed by atoms with van der Waals surface area (Å²) in [6.45, 7) is 3.69. The Balaban J connectivity index is 1.56. The van der Waals surface area contributed by atoms with Crippen molar-refractivity contribution in [2.45, 2.75) is 19.9 Å². The average molecular weight is 630 g/mol. The van der Waals surface area contributed by atoms with Gasteiger partial charge < -0.3 is 13.9 Å². The lowest BCUT2D eigenvalue weighted by Crippen LogP contribution is -2.39. The van der Waals surface area contributed by atoms with Crippen molar-refractivity contribution >= 4 is 50.1 Å². The van der Waals surface area contributed by atoms with Crippen LogP contribution in [-0.2, 0) is 9.53 Å². The first-order valence-electron chi connectivity index (χ1n) is 13.0. The van der Waals surface area contributed by atoms with Crippen LogP contribution in [0, 0.1) is 0 Å². The van der Waals surface area contributed by atoms with Gasteiger partial charge in [0.2, 0.25) is 0 Å². The second-order valence-corrected chi connectivity index (χ2v) is 11.3. The third kappa shape index (κ3) is 4.85. The molecule has 7 nitrogen and oxygen atoms in total. The smallest absolute Gasteiger partial charge is 0.338 e. The van der Waals surface area contributed by atoms with Crippen molar-refractivity contribution in [2.24, 2.45) is 4.99 Å². The molecule has 1 atom stereocenters. The number of halogens is 1. The molecule has 0 N–H and O–H groups in total. The molecule has 3 heterocycles. The molecule has 0 aliphatic carbocycles. The second kappa shape index (κ2) is 11.0. The van der Waals surface area contributed by atoms with Crippen molar-refractivity contribution in [3.63, 3.8) is 0 Å². The van der Waals surface area contributed by atoms with Crippen LogP contribution < -0.4 is 19.6 Å². The minimum Gasteiger partial charge on any atom is -0.496 e. The molecule has 0 saturated heterocycles. The summed E-state index contributed by atoms with van der Waals surface area (Å²) < 4.78 is 20.3. The number of methoxy groups -OCH3 is 1. The van der Waals surface area contributed by atoms with E-state index in [1.165, 1.54) is 15.9 Å². The lowest BCUT2D eigenvalue weighted by Gasteiger charge is -2.22. The molecule has 0 spiro atoms. The lowest BCUT2D eigenvalue weighted by atomic mass is 10.0. The van der Waals surface area contributed by atoms with E-state index in [1.807, 2.05) is 72.8 Å². The first-order valence-corrected chi connectivity index (χ1v) is 14.6. The number of allylic oxidation sites excluding steroid dienone is 1. The van der Waals surface area contributed by atoms with Crippen molar-refractivity contribution in [2.75, 3.05) is 13.7 Å². The van der Waals surface area contributed by atoms with E-state index in [0.29, 0.717) is 32.3 Å². The molecule has 2 aromatic heterocycles. The Hall–Kier alpha value is -4.21. The maximum atomic E-state index is 14.1. The van der Waals surface area contributed by atoms with Crippen molar-refractivity contribution in [1.82, 2.24) is 4.57 Å². The fourth-order valence-electron chi connectivity index (χ4n) is 5.06. The van der Waals surface area contributed by atoms with E-state index in [-0.39, 0.29) is 17.7 Å². The van der Waals surface area contributed by atoms with Gasteiger partial charge in [-0.3, -0.25) is 9.36 Å². The zero-order valence-corrected chi connectivity index (χ0v) is 24.9. The normalized spacial score (nSPS) is 15.1. The number of hydrogen-bond acceptors (Lipinski definition) is 7. The number of thiazole rings is 1. The Morgan fingerprint density at radius 2 is 1.88 bits per heavy atom. The van der Waals surface area contributed by atoms with Crippen LogP contribution in [-0.4, -0.2) is 24.3 Å². The maximum Gasteiger partial charge on any atom is 0.338 e. The standard InChI is InChI=1S/C32H25BrN2O5S/c1-4-39-31(37)28-18(2)34-32-35(29(28)26-16-15-24(40-26)20-9-12-21(33)13-10-20)30(36)27(41-32)17-23-22-8-6-5-7-19(22)11-14-25(23)38-3/h5-17,29H,4H2,1-3H3/b27-17-/t29-/m1/s1. The number of rotatable bonds is 6. The van der Waals surface area contributed by atoms with Crippen LogP contribution in [0.5, 0.6) is 5.75 Å². The number of aromatic nitrogens is 1. The fourth-order valence-corrected chi connectivity index (χ4v) is 6.36. The number of fused-ring (bicyclic) bond motifs is 2.